The third-order valence-electron chi connectivity index (χ3n) is 3.28. The van der Waals surface area contributed by atoms with Crippen molar-refractivity contribution in [3.8, 4) is 5.75 Å². The van der Waals surface area contributed by atoms with Gasteiger partial charge in [-0.25, -0.2) is 0 Å². The molecule has 0 aromatic heterocycles. The van der Waals surface area contributed by atoms with E-state index >= 15 is 0 Å². The van der Waals surface area contributed by atoms with E-state index < -0.39 is 0 Å². The molecule has 0 spiro atoms. The highest BCUT2D eigenvalue weighted by Gasteiger charge is 2.21. The molecule has 0 aliphatic carbocycles. The zero-order valence-corrected chi connectivity index (χ0v) is 10.6. The van der Waals surface area contributed by atoms with Crippen molar-refractivity contribution in [3.63, 3.8) is 0 Å². The summed E-state index contributed by atoms with van der Waals surface area (Å²) >= 11 is 0. The Bertz CT molecular complexity index is 384. The lowest BCUT2D eigenvalue weighted by Crippen LogP contribution is -2.38. The summed E-state index contributed by atoms with van der Waals surface area (Å²) in [6.45, 7) is 6.57. The molecule has 1 aliphatic heterocycles. The van der Waals surface area contributed by atoms with Crippen LogP contribution < -0.4 is 10.1 Å². The van der Waals surface area contributed by atoms with Gasteiger partial charge in [0.05, 0.1) is 0 Å². The molecule has 1 N–H and O–H groups in total. The Kier molecular flexibility index (Phi) is 2.94. The van der Waals surface area contributed by atoms with Gasteiger partial charge in [-0.15, -0.1) is 0 Å². The molecule has 1 atom stereocenters. The van der Waals surface area contributed by atoms with Crippen LogP contribution in [0.1, 0.15) is 31.9 Å². The summed E-state index contributed by atoms with van der Waals surface area (Å²) in [5.41, 5.74) is 2.90. The molecule has 0 amide bonds. The second-order valence-corrected chi connectivity index (χ2v) is 5.39. The molecule has 1 unspecified atom stereocenters. The van der Waals surface area contributed by atoms with Crippen molar-refractivity contribution in [1.82, 2.24) is 5.32 Å². The Labute approximate surface area is 98.0 Å². The van der Waals surface area contributed by atoms with Crippen molar-refractivity contribution < 1.29 is 4.74 Å². The molecule has 0 bridgehead atoms. The van der Waals surface area contributed by atoms with Crippen LogP contribution in [0.15, 0.2) is 18.2 Å². The quantitative estimate of drug-likeness (QED) is 0.843. The number of nitrogens with one attached hydrogen (secondary N) is 1. The second kappa shape index (κ2) is 4.10. The topological polar surface area (TPSA) is 21.3 Å². The molecule has 88 valence electrons. The van der Waals surface area contributed by atoms with E-state index in [9.17, 15) is 0 Å². The Morgan fingerprint density at radius 1 is 1.44 bits per heavy atom. The van der Waals surface area contributed by atoms with Gasteiger partial charge in [-0.2, -0.15) is 0 Å². The summed E-state index contributed by atoms with van der Waals surface area (Å²) in [6.07, 6.45) is 2.43. The third kappa shape index (κ3) is 2.38. The molecule has 2 heteroatoms. The smallest absolute Gasteiger partial charge is 0.123 e. The maximum atomic E-state index is 5.70. The predicted molar refractivity (Wildman–Crippen MR) is 67.1 cm³/mol. The lowest BCUT2D eigenvalue weighted by molar-refractivity contribution is 0.254. The molecule has 1 aliphatic rings. The van der Waals surface area contributed by atoms with Crippen LogP contribution in [-0.4, -0.2) is 18.7 Å². The van der Waals surface area contributed by atoms with Crippen LogP contribution in [0.5, 0.6) is 5.75 Å². The molecule has 2 rings (SSSR count). The largest absolute Gasteiger partial charge is 0.490 e. The Balaban J connectivity index is 2.17. The van der Waals surface area contributed by atoms with Gasteiger partial charge in [0.15, 0.2) is 0 Å². The van der Waals surface area contributed by atoms with Crippen molar-refractivity contribution in [3.05, 3.63) is 29.3 Å². The van der Waals surface area contributed by atoms with Crippen molar-refractivity contribution in [1.29, 1.82) is 0 Å². The molecule has 1 aromatic carbocycles. The zero-order chi connectivity index (χ0) is 11.8. The minimum atomic E-state index is 0.152. The van der Waals surface area contributed by atoms with E-state index in [1.165, 1.54) is 11.1 Å². The molecular formula is C14H21NO. The van der Waals surface area contributed by atoms with Crippen molar-refractivity contribution >= 4 is 0 Å². The third-order valence-corrected chi connectivity index (χ3v) is 3.28. The minimum absolute atomic E-state index is 0.152. The molecule has 0 radical (unpaired) electrons. The van der Waals surface area contributed by atoms with E-state index in [2.05, 4.69) is 44.3 Å². The van der Waals surface area contributed by atoms with Gasteiger partial charge in [0.1, 0.15) is 11.9 Å². The van der Waals surface area contributed by atoms with Gasteiger partial charge in [0.25, 0.3) is 0 Å². The summed E-state index contributed by atoms with van der Waals surface area (Å²) in [6, 6.07) is 6.58. The zero-order valence-electron chi connectivity index (χ0n) is 10.6. The summed E-state index contributed by atoms with van der Waals surface area (Å²) in [4.78, 5) is 0. The normalized spacial score (nSPS) is 19.4. The number of benzene rings is 1. The summed E-state index contributed by atoms with van der Waals surface area (Å²) in [5.74, 6) is 1.07. The van der Waals surface area contributed by atoms with Crippen molar-refractivity contribution in [2.45, 2.75) is 45.3 Å². The van der Waals surface area contributed by atoms with Crippen LogP contribution in [-0.2, 0) is 12.8 Å². The van der Waals surface area contributed by atoms with Crippen LogP contribution in [0.25, 0.3) is 0 Å². The Morgan fingerprint density at radius 2 is 2.19 bits per heavy atom. The van der Waals surface area contributed by atoms with E-state index in [-0.39, 0.29) is 5.54 Å². The Morgan fingerprint density at radius 3 is 2.88 bits per heavy atom. The number of hydrogen-bond donors (Lipinski definition) is 1. The fraction of sp³-hybridized carbons (Fsp3) is 0.571. The van der Waals surface area contributed by atoms with Gasteiger partial charge in [-0.3, -0.25) is 0 Å². The predicted octanol–water partition coefficient (Wildman–Crippen LogP) is 2.55. The van der Waals surface area contributed by atoms with Crippen molar-refractivity contribution in [2.24, 2.45) is 0 Å². The van der Waals surface area contributed by atoms with Gasteiger partial charge in [0.2, 0.25) is 0 Å². The number of rotatable bonds is 3. The monoisotopic (exact) mass is 219 g/mol. The summed E-state index contributed by atoms with van der Waals surface area (Å²) in [5, 5.41) is 3.34. The van der Waals surface area contributed by atoms with Gasteiger partial charge >= 0.3 is 0 Å². The van der Waals surface area contributed by atoms with Crippen LogP contribution in [0.2, 0.25) is 0 Å². The summed E-state index contributed by atoms with van der Waals surface area (Å²) < 4.78 is 5.70. The van der Waals surface area contributed by atoms with E-state index in [1.807, 2.05) is 7.05 Å². The minimum Gasteiger partial charge on any atom is -0.490 e. The van der Waals surface area contributed by atoms with Gasteiger partial charge in [-0.05, 0) is 51.4 Å². The molecule has 0 saturated carbocycles. The first-order valence-corrected chi connectivity index (χ1v) is 5.97. The highest BCUT2D eigenvalue weighted by Crippen LogP contribution is 2.30. The first-order valence-electron chi connectivity index (χ1n) is 5.97. The number of likely N-dealkylation sites (N-methyl/N-ethyl adjacent to an activating group) is 1. The first-order chi connectivity index (χ1) is 7.50. The number of fused-ring (bicyclic) bond motifs is 1. The second-order valence-electron chi connectivity index (χ2n) is 5.39. The molecule has 16 heavy (non-hydrogen) atoms. The first kappa shape index (κ1) is 11.5. The van der Waals surface area contributed by atoms with Crippen LogP contribution in [0, 0.1) is 0 Å². The van der Waals surface area contributed by atoms with E-state index in [1.54, 1.807) is 0 Å². The molecular weight excluding hydrogens is 198 g/mol. The molecule has 0 fully saturated rings. The molecule has 1 aromatic rings. The highest BCUT2D eigenvalue weighted by atomic mass is 16.5. The highest BCUT2D eigenvalue weighted by molar-refractivity contribution is 5.41. The molecule has 0 saturated heterocycles. The average molecular weight is 219 g/mol. The molecule has 1 heterocycles. The summed E-state index contributed by atoms with van der Waals surface area (Å²) in [7, 11) is 2.01. The number of ether oxygens (including phenoxy) is 1. The molecule has 2 nitrogen and oxygen atoms in total. The Hall–Kier alpha value is -1.02. The van der Waals surface area contributed by atoms with Gasteiger partial charge in [0, 0.05) is 12.0 Å². The lowest BCUT2D eigenvalue weighted by atomic mass is 9.93. The van der Waals surface area contributed by atoms with E-state index in [4.69, 9.17) is 4.74 Å². The SMILES string of the molecule is CNC(C)(C)Cc1ccc2c(c1)CC(C)O2. The standard InChI is InChI=1S/C14H21NO/c1-10-7-12-8-11(5-6-13(12)16-10)9-14(2,3)15-4/h5-6,8,10,15H,7,9H2,1-4H3. The van der Waals surface area contributed by atoms with Crippen LogP contribution >= 0.6 is 0 Å². The van der Waals surface area contributed by atoms with E-state index in [0.717, 1.165) is 18.6 Å². The van der Waals surface area contributed by atoms with Crippen molar-refractivity contribution in [2.75, 3.05) is 7.05 Å². The van der Waals surface area contributed by atoms with Gasteiger partial charge < -0.3 is 10.1 Å². The van der Waals surface area contributed by atoms with Crippen LogP contribution in [0.4, 0.5) is 0 Å². The van der Waals surface area contributed by atoms with Crippen LogP contribution in [0.3, 0.4) is 0 Å². The number of hydrogen-bond acceptors (Lipinski definition) is 2. The average Bonchev–Trinajstić information content (AvgIpc) is 2.57. The maximum absolute atomic E-state index is 5.70. The fourth-order valence-corrected chi connectivity index (χ4v) is 2.18. The van der Waals surface area contributed by atoms with Gasteiger partial charge in [-0.1, -0.05) is 12.1 Å². The van der Waals surface area contributed by atoms with E-state index in [0.29, 0.717) is 6.10 Å². The fourth-order valence-electron chi connectivity index (χ4n) is 2.18. The maximum Gasteiger partial charge on any atom is 0.123 e. The lowest BCUT2D eigenvalue weighted by Gasteiger charge is -2.24.